The Morgan fingerprint density at radius 3 is 3.27 bits per heavy atom. The first-order valence-corrected chi connectivity index (χ1v) is 7.49. The first-order valence-electron chi connectivity index (χ1n) is 11.0. The number of nitrogens with zero attached hydrogens (tertiary/aromatic N) is 1. The zero-order valence-corrected chi connectivity index (χ0v) is 12.4. The lowest BCUT2D eigenvalue weighted by Gasteiger charge is -2.57. The van der Waals surface area contributed by atoms with E-state index in [0.29, 0.717) is 13.0 Å². The maximum atomic E-state index is 13.1. The zero-order valence-electron chi connectivity index (χ0n) is 19.4. The summed E-state index contributed by atoms with van der Waals surface area (Å²) < 4.78 is 72.0. The van der Waals surface area contributed by atoms with E-state index in [1.807, 2.05) is 0 Å². The van der Waals surface area contributed by atoms with Crippen molar-refractivity contribution >= 4 is 5.78 Å². The molecule has 1 aromatic carbocycles. The highest BCUT2D eigenvalue weighted by molar-refractivity contribution is 5.89. The van der Waals surface area contributed by atoms with Crippen molar-refractivity contribution in [2.24, 2.45) is 5.89 Å². The number of likely N-dealkylation sites (tertiary alicyclic amines) is 1. The number of ether oxygens (including phenoxy) is 2. The zero-order chi connectivity index (χ0) is 21.3. The Morgan fingerprint density at radius 2 is 2.45 bits per heavy atom. The molecule has 1 saturated carbocycles. The number of ketones is 1. The molecule has 4 heteroatoms. The molecule has 1 saturated heterocycles. The van der Waals surface area contributed by atoms with Crippen molar-refractivity contribution in [3.05, 3.63) is 23.2 Å². The lowest BCUT2D eigenvalue weighted by Crippen LogP contribution is -2.65. The van der Waals surface area contributed by atoms with Gasteiger partial charge < -0.3 is 14.4 Å². The number of likely N-dealkylation sites (N-methyl/N-ethyl adjacent to an activating group) is 1. The van der Waals surface area contributed by atoms with Gasteiger partial charge in [0.05, 0.1) is 9.85 Å². The van der Waals surface area contributed by atoms with Crippen LogP contribution in [0.3, 0.4) is 0 Å². The molecule has 1 unspecified atom stereocenters. The van der Waals surface area contributed by atoms with Gasteiger partial charge >= 0.3 is 0 Å². The Morgan fingerprint density at radius 1 is 1.59 bits per heavy atom. The smallest absolute Gasteiger partial charge is 0.174 e. The minimum absolute atomic E-state index is 0.0167. The van der Waals surface area contributed by atoms with Crippen LogP contribution in [0.1, 0.15) is 39.9 Å². The highest BCUT2D eigenvalue weighted by atomic mass is 16.5. The summed E-state index contributed by atoms with van der Waals surface area (Å²) in [4.78, 5) is 14.8. The minimum Gasteiger partial charge on any atom is -0.493 e. The van der Waals surface area contributed by atoms with Crippen molar-refractivity contribution in [3.8, 4) is 11.5 Å². The van der Waals surface area contributed by atoms with Crippen molar-refractivity contribution in [1.29, 1.82) is 0 Å². The molecule has 4 atom stereocenters. The van der Waals surface area contributed by atoms with Crippen molar-refractivity contribution in [1.82, 2.24) is 4.90 Å². The molecule has 4 aliphatic rings. The molecule has 4 nitrogen and oxygen atoms in total. The number of carbonyl (C=O) groups is 1. The van der Waals surface area contributed by atoms with E-state index in [1.165, 1.54) is 7.11 Å². The lowest BCUT2D eigenvalue weighted by atomic mass is 9.52. The van der Waals surface area contributed by atoms with Crippen LogP contribution in [-0.2, 0) is 16.6 Å². The molecule has 2 aliphatic heterocycles. The third kappa shape index (κ3) is 1.27. The first kappa shape index (κ1) is 7.82. The topological polar surface area (TPSA) is 38.8 Å². The fourth-order valence-corrected chi connectivity index (χ4v) is 4.48. The van der Waals surface area contributed by atoms with Crippen molar-refractivity contribution < 1.29 is 23.9 Å². The van der Waals surface area contributed by atoms with Crippen LogP contribution in [0.5, 0.6) is 11.5 Å². The second-order valence-corrected chi connectivity index (χ2v) is 6.35. The number of hydrogen-bond acceptors (Lipinski definition) is 4. The van der Waals surface area contributed by atoms with Crippen LogP contribution in [0.2, 0.25) is 0 Å². The van der Waals surface area contributed by atoms with Gasteiger partial charge in [-0.1, -0.05) is 6.04 Å². The molecule has 2 aliphatic carbocycles. The second-order valence-electron chi connectivity index (χ2n) is 6.35. The number of hydrogen-bond donors (Lipinski definition) is 0. The van der Waals surface area contributed by atoms with Gasteiger partial charge in [0, 0.05) is 30.2 Å². The van der Waals surface area contributed by atoms with Gasteiger partial charge in [-0.2, -0.15) is 0 Å². The molecular formula is C18H21NO3. The summed E-state index contributed by atoms with van der Waals surface area (Å²) in [7, 11) is 2.99. The van der Waals surface area contributed by atoms with Gasteiger partial charge in [0.1, 0.15) is 0 Å². The summed E-state index contributed by atoms with van der Waals surface area (Å²) in [6.45, 7) is 0.401. The van der Waals surface area contributed by atoms with Gasteiger partial charge in [-0.15, -0.1) is 0 Å². The van der Waals surface area contributed by atoms with Crippen LogP contribution in [-0.4, -0.2) is 43.5 Å². The molecule has 22 heavy (non-hydrogen) atoms. The summed E-state index contributed by atoms with van der Waals surface area (Å²) in [6, 6.07) is -1.76. The molecule has 0 radical (unpaired) electrons. The fourth-order valence-electron chi connectivity index (χ4n) is 4.48. The molecule has 1 aromatic rings. The normalized spacial score (nSPS) is 51.0. The SMILES string of the molecule is [2H]c1c([2H])c2c3c(c1OC)OC1C(=O)C([2H])([2H])C[C@@]4([2H])[C@H](N(C)CC[C@]314)C2([2H])[2H]. The predicted octanol–water partition coefficient (Wildman–Crippen LogP) is 1.93. The van der Waals surface area contributed by atoms with E-state index in [-0.39, 0.29) is 34.7 Å². The molecule has 1 spiro atoms. The molecule has 0 N–H and O–H groups in total. The second kappa shape index (κ2) is 4.05. The lowest BCUT2D eigenvalue weighted by molar-refractivity contribution is -0.138. The van der Waals surface area contributed by atoms with Gasteiger partial charge in [-0.05, 0) is 50.3 Å². The maximum absolute atomic E-state index is 13.1. The van der Waals surface area contributed by atoms with E-state index in [0.717, 1.165) is 0 Å². The molecule has 0 amide bonds. The van der Waals surface area contributed by atoms with Gasteiger partial charge in [-0.25, -0.2) is 0 Å². The molecule has 2 fully saturated rings. The number of piperidine rings is 1. The number of methoxy groups -OCH3 is 1. The van der Waals surface area contributed by atoms with Gasteiger partial charge in [0.25, 0.3) is 0 Å². The molecule has 2 heterocycles. The van der Waals surface area contributed by atoms with E-state index < -0.39 is 48.4 Å². The highest BCUT2D eigenvalue weighted by Gasteiger charge is 2.65. The summed E-state index contributed by atoms with van der Waals surface area (Å²) in [6.07, 6.45) is -6.02. The van der Waals surface area contributed by atoms with Crippen LogP contribution in [0.25, 0.3) is 0 Å². The first-order chi connectivity index (χ1) is 13.4. The Kier molecular flexibility index (Phi) is 1.44. The van der Waals surface area contributed by atoms with Crippen molar-refractivity contribution in [3.63, 3.8) is 0 Å². The maximum Gasteiger partial charge on any atom is 0.174 e. The van der Waals surface area contributed by atoms with Crippen LogP contribution >= 0.6 is 0 Å². The van der Waals surface area contributed by atoms with E-state index in [9.17, 15) is 6.17 Å². The monoisotopic (exact) mass is 306 g/mol. The Balaban J connectivity index is 1.98. The number of rotatable bonds is 1. The third-order valence-electron chi connectivity index (χ3n) is 5.49. The summed E-state index contributed by atoms with van der Waals surface area (Å²) >= 11 is 0. The molecule has 0 aromatic heterocycles. The van der Waals surface area contributed by atoms with E-state index in [1.54, 1.807) is 11.9 Å². The minimum atomic E-state index is -2.34. The van der Waals surface area contributed by atoms with Crippen LogP contribution in [0.4, 0.5) is 0 Å². The quantitative estimate of drug-likeness (QED) is 0.795. The summed E-state index contributed by atoms with van der Waals surface area (Å²) in [5.74, 6) is -2.51. The molecular weight excluding hydrogens is 278 g/mol. The Bertz CT molecular complexity index is 983. The van der Waals surface area contributed by atoms with Gasteiger partial charge in [-0.3, -0.25) is 4.79 Å². The molecule has 2 bridgehead atoms. The molecule has 116 valence electrons. The summed E-state index contributed by atoms with van der Waals surface area (Å²) in [5, 5.41) is 0. The van der Waals surface area contributed by atoms with Crippen LogP contribution < -0.4 is 9.47 Å². The number of Topliss-reactive ketones (excluding diaryl/α,β-unsaturated/α-hetero) is 1. The average molecular weight is 306 g/mol. The third-order valence-corrected chi connectivity index (χ3v) is 5.49. The predicted molar refractivity (Wildman–Crippen MR) is 81.6 cm³/mol. The fraction of sp³-hybridized carbons (Fsp3) is 0.611. The highest BCUT2D eigenvalue weighted by Crippen LogP contribution is 2.62. The largest absolute Gasteiger partial charge is 0.493 e. The van der Waals surface area contributed by atoms with E-state index >= 15 is 0 Å². The van der Waals surface area contributed by atoms with Gasteiger partial charge in [0.2, 0.25) is 0 Å². The average Bonchev–Trinajstić information content (AvgIpc) is 2.92. The van der Waals surface area contributed by atoms with E-state index in [2.05, 4.69) is 0 Å². The van der Waals surface area contributed by atoms with Gasteiger partial charge in [0.15, 0.2) is 23.4 Å². The Hall–Kier alpha value is -1.55. The van der Waals surface area contributed by atoms with Crippen molar-refractivity contribution in [2.75, 3.05) is 20.7 Å². The Labute approximate surface area is 140 Å². The van der Waals surface area contributed by atoms with Crippen LogP contribution in [0, 0.1) is 5.89 Å². The number of carbonyl (C=O) groups excluding carboxylic acids is 1. The number of benzene rings is 1. The molecule has 5 rings (SSSR count). The summed E-state index contributed by atoms with van der Waals surface area (Å²) in [5.41, 5.74) is -1.05. The standard InChI is InChI=1S/C18H21NO3/c1-19-8-7-18-11-4-5-13(20)17(18)22-16-14(21-2)6-3-10(15(16)18)9-12(11)19/h3,6,11-12,17H,4-5,7-9H2,1-2H3/t11-,12+,17?,18-/m0/s1/i3D,5D2,6D,9D2,11D. The van der Waals surface area contributed by atoms with Crippen LogP contribution in [0.15, 0.2) is 12.1 Å². The van der Waals surface area contributed by atoms with E-state index in [4.69, 9.17) is 17.7 Å². The van der Waals surface area contributed by atoms with Crippen molar-refractivity contribution in [2.45, 2.75) is 43.1 Å².